The summed E-state index contributed by atoms with van der Waals surface area (Å²) in [4.78, 5) is 24.0. The molecule has 1 N–H and O–H groups in total. The lowest BCUT2D eigenvalue weighted by Crippen LogP contribution is -2.20. The molecule has 1 aromatic heterocycles. The number of nitrogens with zero attached hydrogens (tertiary/aromatic N) is 1. The molecule has 0 saturated heterocycles. The first kappa shape index (κ1) is 14.6. The average molecular weight is 311 g/mol. The van der Waals surface area contributed by atoms with Crippen molar-refractivity contribution in [1.29, 1.82) is 0 Å². The van der Waals surface area contributed by atoms with Crippen molar-refractivity contribution in [2.75, 3.05) is 7.05 Å². The van der Waals surface area contributed by atoms with Crippen molar-refractivity contribution in [3.8, 4) is 0 Å². The largest absolute Gasteiger partial charge is 0.354 e. The molecule has 0 bridgehead atoms. The molecule has 0 atom stereocenters. The Balaban J connectivity index is 2.44. The van der Waals surface area contributed by atoms with E-state index in [9.17, 15) is 9.59 Å². The van der Waals surface area contributed by atoms with Gasteiger partial charge in [-0.2, -0.15) is 0 Å². The van der Waals surface area contributed by atoms with Gasteiger partial charge < -0.3 is 9.88 Å². The number of aryl methyl sites for hydroxylation is 1. The Morgan fingerprint density at radius 2 is 1.95 bits per heavy atom. The second-order valence-corrected chi connectivity index (χ2v) is 5.02. The van der Waals surface area contributed by atoms with Crippen LogP contribution in [-0.4, -0.2) is 23.3 Å². The zero-order chi connectivity index (χ0) is 14.9. The molecule has 1 amide bonds. The van der Waals surface area contributed by atoms with Crippen LogP contribution in [0.1, 0.15) is 26.4 Å². The van der Waals surface area contributed by atoms with Gasteiger partial charge in [0.2, 0.25) is 0 Å². The Kier molecular flexibility index (Phi) is 4.16. The van der Waals surface area contributed by atoms with Crippen LogP contribution in [0.5, 0.6) is 0 Å². The Labute approximate surface area is 126 Å². The highest BCUT2D eigenvalue weighted by Gasteiger charge is 2.19. The van der Waals surface area contributed by atoms with E-state index in [-0.39, 0.29) is 16.7 Å². The van der Waals surface area contributed by atoms with Crippen molar-refractivity contribution in [2.45, 2.75) is 0 Å². The van der Waals surface area contributed by atoms with Crippen LogP contribution in [0.2, 0.25) is 10.0 Å². The maximum Gasteiger partial charge on any atom is 0.267 e. The monoisotopic (exact) mass is 310 g/mol. The summed E-state index contributed by atoms with van der Waals surface area (Å²) >= 11 is 11.9. The molecule has 0 spiro atoms. The molecule has 6 heteroatoms. The van der Waals surface area contributed by atoms with Gasteiger partial charge in [0.15, 0.2) is 5.78 Å². The Morgan fingerprint density at radius 3 is 2.60 bits per heavy atom. The van der Waals surface area contributed by atoms with E-state index in [1.165, 1.54) is 13.1 Å². The maximum atomic E-state index is 12.4. The fourth-order valence-electron chi connectivity index (χ4n) is 1.88. The summed E-state index contributed by atoms with van der Waals surface area (Å²) in [5.74, 6) is -0.535. The predicted molar refractivity (Wildman–Crippen MR) is 78.7 cm³/mol. The number of amides is 1. The van der Waals surface area contributed by atoms with Gasteiger partial charge in [0.05, 0.1) is 10.0 Å². The van der Waals surface area contributed by atoms with Gasteiger partial charge in [-0.25, -0.2) is 0 Å². The van der Waals surface area contributed by atoms with E-state index in [4.69, 9.17) is 23.2 Å². The van der Waals surface area contributed by atoms with E-state index in [0.717, 1.165) is 0 Å². The molecule has 0 unspecified atom stereocenters. The second-order valence-electron chi connectivity index (χ2n) is 4.23. The highest BCUT2D eigenvalue weighted by molar-refractivity contribution is 6.44. The fraction of sp³-hybridized carbons (Fsp3) is 0.143. The molecule has 0 aliphatic rings. The number of benzene rings is 1. The molecule has 2 aromatic rings. The molecule has 20 heavy (non-hydrogen) atoms. The zero-order valence-electron chi connectivity index (χ0n) is 10.9. The smallest absolute Gasteiger partial charge is 0.267 e. The molecule has 0 fully saturated rings. The normalized spacial score (nSPS) is 10.4. The van der Waals surface area contributed by atoms with Crippen LogP contribution in [-0.2, 0) is 7.05 Å². The molecular formula is C14H12Cl2N2O2. The van der Waals surface area contributed by atoms with Gasteiger partial charge in [-0.3, -0.25) is 9.59 Å². The van der Waals surface area contributed by atoms with Gasteiger partial charge >= 0.3 is 0 Å². The molecule has 1 aromatic carbocycles. The highest BCUT2D eigenvalue weighted by Crippen LogP contribution is 2.27. The number of nitrogens with one attached hydrogen (secondary N) is 1. The number of rotatable bonds is 3. The van der Waals surface area contributed by atoms with Gasteiger partial charge in [-0.15, -0.1) is 0 Å². The number of carbonyl (C=O) groups is 2. The van der Waals surface area contributed by atoms with Gasteiger partial charge in [0, 0.05) is 31.4 Å². The first-order valence-electron chi connectivity index (χ1n) is 5.83. The Bertz CT molecular complexity index is 692. The minimum absolute atomic E-state index is 0.213. The number of hydrogen-bond acceptors (Lipinski definition) is 2. The SMILES string of the molecule is CNC(=O)c1cc(C(=O)c2cccc(Cl)c2Cl)cn1C. The van der Waals surface area contributed by atoms with Crippen LogP contribution in [0, 0.1) is 0 Å². The molecule has 0 radical (unpaired) electrons. The lowest BCUT2D eigenvalue weighted by atomic mass is 10.1. The van der Waals surface area contributed by atoms with Crippen LogP contribution >= 0.6 is 23.2 Å². The highest BCUT2D eigenvalue weighted by atomic mass is 35.5. The van der Waals surface area contributed by atoms with Crippen LogP contribution in [0.3, 0.4) is 0 Å². The minimum Gasteiger partial charge on any atom is -0.354 e. The standard InChI is InChI=1S/C14H12Cl2N2O2/c1-17-14(20)11-6-8(7-18(11)2)13(19)9-4-3-5-10(15)12(9)16/h3-7H,1-2H3,(H,17,20). The van der Waals surface area contributed by atoms with E-state index in [0.29, 0.717) is 21.8 Å². The maximum absolute atomic E-state index is 12.4. The third kappa shape index (κ3) is 2.57. The van der Waals surface area contributed by atoms with Gasteiger partial charge in [-0.1, -0.05) is 29.3 Å². The number of carbonyl (C=O) groups excluding carboxylic acids is 2. The van der Waals surface area contributed by atoms with Crippen molar-refractivity contribution in [3.05, 3.63) is 57.3 Å². The molecule has 1 heterocycles. The lowest BCUT2D eigenvalue weighted by Gasteiger charge is -2.02. The minimum atomic E-state index is -0.275. The van der Waals surface area contributed by atoms with Crippen LogP contribution in [0.4, 0.5) is 0 Å². The fourth-order valence-corrected chi connectivity index (χ4v) is 2.26. The summed E-state index contributed by atoms with van der Waals surface area (Å²) in [7, 11) is 3.23. The molecular weight excluding hydrogens is 299 g/mol. The van der Waals surface area contributed by atoms with E-state index in [1.54, 1.807) is 36.0 Å². The van der Waals surface area contributed by atoms with E-state index in [2.05, 4.69) is 5.32 Å². The third-order valence-electron chi connectivity index (χ3n) is 2.92. The van der Waals surface area contributed by atoms with Gasteiger partial charge in [0.1, 0.15) is 5.69 Å². The quantitative estimate of drug-likeness (QED) is 0.886. The first-order valence-corrected chi connectivity index (χ1v) is 6.58. The topological polar surface area (TPSA) is 51.1 Å². The molecule has 4 nitrogen and oxygen atoms in total. The van der Waals surface area contributed by atoms with E-state index >= 15 is 0 Å². The molecule has 104 valence electrons. The summed E-state index contributed by atoms with van der Waals surface area (Å²) in [6.45, 7) is 0. The van der Waals surface area contributed by atoms with E-state index in [1.807, 2.05) is 0 Å². The molecule has 0 aliphatic carbocycles. The second kappa shape index (κ2) is 5.69. The average Bonchev–Trinajstić information content (AvgIpc) is 2.82. The van der Waals surface area contributed by atoms with Crippen molar-refractivity contribution in [3.63, 3.8) is 0 Å². The van der Waals surface area contributed by atoms with Crippen LogP contribution in [0.25, 0.3) is 0 Å². The van der Waals surface area contributed by atoms with Crippen molar-refractivity contribution in [2.24, 2.45) is 7.05 Å². The zero-order valence-corrected chi connectivity index (χ0v) is 12.4. The predicted octanol–water partition coefficient (Wildman–Crippen LogP) is 2.92. The third-order valence-corrected chi connectivity index (χ3v) is 3.74. The van der Waals surface area contributed by atoms with Crippen LogP contribution in [0.15, 0.2) is 30.5 Å². The summed E-state index contributed by atoms with van der Waals surface area (Å²) in [6.07, 6.45) is 1.59. The number of aromatic nitrogens is 1. The summed E-state index contributed by atoms with van der Waals surface area (Å²) in [5.41, 5.74) is 1.09. The summed E-state index contributed by atoms with van der Waals surface area (Å²) < 4.78 is 1.59. The van der Waals surface area contributed by atoms with Crippen LogP contribution < -0.4 is 5.32 Å². The number of halogens is 2. The Morgan fingerprint density at radius 1 is 1.25 bits per heavy atom. The summed E-state index contributed by atoms with van der Waals surface area (Å²) in [5, 5.41) is 3.05. The summed E-state index contributed by atoms with van der Waals surface area (Å²) in [6, 6.07) is 6.40. The van der Waals surface area contributed by atoms with Gasteiger partial charge in [-0.05, 0) is 18.2 Å². The van der Waals surface area contributed by atoms with E-state index < -0.39 is 0 Å². The lowest BCUT2D eigenvalue weighted by molar-refractivity contribution is 0.0955. The Hall–Kier alpha value is -1.78. The molecule has 0 saturated carbocycles. The number of hydrogen-bond donors (Lipinski definition) is 1. The molecule has 0 aliphatic heterocycles. The first-order chi connectivity index (χ1) is 9.45. The number of ketones is 1. The molecule has 2 rings (SSSR count). The van der Waals surface area contributed by atoms with Crippen molar-refractivity contribution in [1.82, 2.24) is 9.88 Å². The van der Waals surface area contributed by atoms with Crippen molar-refractivity contribution < 1.29 is 9.59 Å². The van der Waals surface area contributed by atoms with Crippen molar-refractivity contribution >= 4 is 34.9 Å². The van der Waals surface area contributed by atoms with Gasteiger partial charge in [0.25, 0.3) is 5.91 Å².